The highest BCUT2D eigenvalue weighted by Gasteiger charge is 1.62. The van der Waals surface area contributed by atoms with Crippen LogP contribution in [0.25, 0.3) is 0 Å². The molecule has 0 saturated heterocycles. The minimum Gasteiger partial charge on any atom is -0.103 e. The minimum absolute atomic E-state index is 0.904. The van der Waals surface area contributed by atoms with E-state index in [2.05, 4.69) is 6.58 Å². The predicted molar refractivity (Wildman–Crippen MR) is 38.9 cm³/mol. The highest BCUT2D eigenvalue weighted by molar-refractivity contribution is 6.25. The Morgan fingerprint density at radius 3 is 2.62 bits per heavy atom. The zero-order valence-corrected chi connectivity index (χ0v) is 5.43. The summed E-state index contributed by atoms with van der Waals surface area (Å²) in [6.07, 6.45) is 8.37. The Kier molecular flexibility index (Phi) is 6.11. The molecule has 0 aliphatic rings. The first-order valence-electron chi connectivity index (χ1n) is 2.44. The van der Waals surface area contributed by atoms with Gasteiger partial charge in [-0.15, -0.1) is 6.58 Å². The van der Waals surface area contributed by atoms with Gasteiger partial charge >= 0.3 is 0 Å². The van der Waals surface area contributed by atoms with Crippen molar-refractivity contribution in [2.75, 3.05) is 0 Å². The van der Waals surface area contributed by atoms with Gasteiger partial charge < -0.3 is 0 Å². The summed E-state index contributed by atoms with van der Waals surface area (Å²) in [4.78, 5) is 0. The molecule has 0 aromatic rings. The average molecular weight is 129 g/mol. The Hall–Kier alpha value is -0.490. The molecule has 0 unspecified atom stereocenters. The van der Waals surface area contributed by atoms with E-state index >= 15 is 0 Å². The predicted octanol–water partition coefficient (Wildman–Crippen LogP) is 2.87. The van der Waals surface area contributed by atoms with E-state index in [1.165, 1.54) is 5.54 Å². The maximum absolute atomic E-state index is 5.22. The highest BCUT2D eigenvalue weighted by atomic mass is 35.5. The molecule has 0 bridgehead atoms. The van der Waals surface area contributed by atoms with Crippen molar-refractivity contribution in [1.82, 2.24) is 0 Å². The fraction of sp³-hybridized carbons (Fsp3) is 0.143. The third kappa shape index (κ3) is 5.51. The van der Waals surface area contributed by atoms with Gasteiger partial charge in [-0.3, -0.25) is 0 Å². The first kappa shape index (κ1) is 7.51. The molecule has 0 heterocycles. The van der Waals surface area contributed by atoms with E-state index in [0.717, 1.165) is 6.42 Å². The molecule has 0 amide bonds. The zero-order chi connectivity index (χ0) is 6.24. The number of hydrogen-bond donors (Lipinski definition) is 0. The van der Waals surface area contributed by atoms with Gasteiger partial charge in [0.05, 0.1) is 0 Å². The largest absolute Gasteiger partial charge is 0.103 e. The molecular formula is C7H9Cl. The second kappa shape index (κ2) is 6.51. The molecule has 1 heteroatoms. The normalized spacial score (nSPS) is 11.1. The Morgan fingerprint density at radius 2 is 2.12 bits per heavy atom. The number of rotatable bonds is 3. The molecule has 0 aromatic heterocycles. The van der Waals surface area contributed by atoms with Crippen LogP contribution in [-0.4, -0.2) is 0 Å². The molecular weight excluding hydrogens is 120 g/mol. The van der Waals surface area contributed by atoms with Crippen molar-refractivity contribution in [3.8, 4) is 0 Å². The SMILES string of the molecule is C=CC/C=C/C=C/Cl. The maximum atomic E-state index is 5.22. The Morgan fingerprint density at radius 1 is 1.38 bits per heavy atom. The Labute approximate surface area is 55.2 Å². The fourth-order valence-electron chi connectivity index (χ4n) is 0.295. The van der Waals surface area contributed by atoms with E-state index in [1.807, 2.05) is 18.2 Å². The van der Waals surface area contributed by atoms with E-state index in [9.17, 15) is 0 Å². The van der Waals surface area contributed by atoms with Gasteiger partial charge in [-0.05, 0) is 6.42 Å². The molecule has 0 atom stereocenters. The van der Waals surface area contributed by atoms with Gasteiger partial charge in [0, 0.05) is 5.54 Å². The van der Waals surface area contributed by atoms with Crippen LogP contribution in [0.2, 0.25) is 0 Å². The van der Waals surface area contributed by atoms with Crippen molar-refractivity contribution in [1.29, 1.82) is 0 Å². The van der Waals surface area contributed by atoms with Gasteiger partial charge in [0.1, 0.15) is 0 Å². The van der Waals surface area contributed by atoms with Gasteiger partial charge in [-0.1, -0.05) is 35.9 Å². The van der Waals surface area contributed by atoms with E-state index < -0.39 is 0 Å². The lowest BCUT2D eigenvalue weighted by Crippen LogP contribution is -1.51. The molecule has 8 heavy (non-hydrogen) atoms. The summed E-state index contributed by atoms with van der Waals surface area (Å²) in [6.45, 7) is 3.55. The van der Waals surface area contributed by atoms with Crippen molar-refractivity contribution in [3.63, 3.8) is 0 Å². The summed E-state index contributed by atoms with van der Waals surface area (Å²) < 4.78 is 0. The molecule has 0 rings (SSSR count). The van der Waals surface area contributed by atoms with Crippen LogP contribution in [0.15, 0.2) is 36.4 Å². The molecule has 0 N–H and O–H groups in total. The van der Waals surface area contributed by atoms with Gasteiger partial charge in [-0.25, -0.2) is 0 Å². The third-order valence-corrected chi connectivity index (χ3v) is 0.768. The second-order valence-electron chi connectivity index (χ2n) is 1.27. The average Bonchev–Trinajstić information content (AvgIpc) is 1.81. The number of halogens is 1. The maximum Gasteiger partial charge on any atom is 0.00423 e. The van der Waals surface area contributed by atoms with E-state index in [1.54, 1.807) is 6.08 Å². The van der Waals surface area contributed by atoms with Crippen molar-refractivity contribution in [2.45, 2.75) is 6.42 Å². The standard InChI is InChI=1S/C7H9Cl/c1-2-3-4-5-6-7-8/h2,4-7H,1,3H2/b5-4+,7-6+. The Balaban J connectivity index is 3.19. The minimum atomic E-state index is 0.904. The molecule has 0 saturated carbocycles. The number of hydrogen-bond acceptors (Lipinski definition) is 0. The lowest BCUT2D eigenvalue weighted by atomic mass is 10.4. The molecule has 0 fully saturated rings. The molecule has 0 aliphatic carbocycles. The molecule has 0 nitrogen and oxygen atoms in total. The molecule has 0 radical (unpaired) electrons. The lowest BCUT2D eigenvalue weighted by molar-refractivity contribution is 1.41. The summed E-state index contributed by atoms with van der Waals surface area (Å²) in [7, 11) is 0. The quantitative estimate of drug-likeness (QED) is 0.405. The monoisotopic (exact) mass is 128 g/mol. The van der Waals surface area contributed by atoms with Crippen LogP contribution < -0.4 is 0 Å². The van der Waals surface area contributed by atoms with Gasteiger partial charge in [-0.2, -0.15) is 0 Å². The summed E-state index contributed by atoms with van der Waals surface area (Å²) in [5.74, 6) is 0. The summed E-state index contributed by atoms with van der Waals surface area (Å²) in [5, 5.41) is 0. The van der Waals surface area contributed by atoms with Crippen LogP contribution in [0, 0.1) is 0 Å². The molecule has 0 aliphatic heterocycles. The summed E-state index contributed by atoms with van der Waals surface area (Å²) in [5.41, 5.74) is 1.47. The lowest BCUT2D eigenvalue weighted by Gasteiger charge is -1.72. The zero-order valence-electron chi connectivity index (χ0n) is 4.68. The smallest absolute Gasteiger partial charge is 0.00423 e. The summed E-state index contributed by atoms with van der Waals surface area (Å²) in [6, 6.07) is 0. The number of allylic oxidation sites excluding steroid dienone is 4. The van der Waals surface area contributed by atoms with Gasteiger partial charge in [0.2, 0.25) is 0 Å². The second-order valence-corrected chi connectivity index (χ2v) is 1.52. The molecule has 44 valence electrons. The highest BCUT2D eigenvalue weighted by Crippen LogP contribution is 1.85. The van der Waals surface area contributed by atoms with Crippen LogP contribution in [0.1, 0.15) is 6.42 Å². The van der Waals surface area contributed by atoms with E-state index in [-0.39, 0.29) is 0 Å². The molecule has 0 spiro atoms. The molecule has 0 aromatic carbocycles. The third-order valence-electron chi connectivity index (χ3n) is 0.623. The Bertz CT molecular complexity index is 101. The van der Waals surface area contributed by atoms with E-state index in [4.69, 9.17) is 11.6 Å². The van der Waals surface area contributed by atoms with Gasteiger partial charge in [0.25, 0.3) is 0 Å². The topological polar surface area (TPSA) is 0 Å². The van der Waals surface area contributed by atoms with Crippen molar-refractivity contribution in [2.24, 2.45) is 0 Å². The first-order valence-corrected chi connectivity index (χ1v) is 2.88. The van der Waals surface area contributed by atoms with Gasteiger partial charge in [0.15, 0.2) is 0 Å². The van der Waals surface area contributed by atoms with Crippen LogP contribution in [0.4, 0.5) is 0 Å². The first-order chi connectivity index (χ1) is 3.91. The van der Waals surface area contributed by atoms with Crippen molar-refractivity contribution < 1.29 is 0 Å². The van der Waals surface area contributed by atoms with Crippen molar-refractivity contribution >= 4 is 11.6 Å². The van der Waals surface area contributed by atoms with Crippen LogP contribution >= 0.6 is 11.6 Å². The fourth-order valence-corrected chi connectivity index (χ4v) is 0.379. The van der Waals surface area contributed by atoms with Crippen LogP contribution in [0.3, 0.4) is 0 Å². The summed E-state index contributed by atoms with van der Waals surface area (Å²) >= 11 is 5.22. The van der Waals surface area contributed by atoms with E-state index in [0.29, 0.717) is 0 Å². The van der Waals surface area contributed by atoms with Crippen LogP contribution in [-0.2, 0) is 0 Å². The van der Waals surface area contributed by atoms with Crippen molar-refractivity contribution in [3.05, 3.63) is 36.4 Å². The van der Waals surface area contributed by atoms with Crippen LogP contribution in [0.5, 0.6) is 0 Å².